The van der Waals surface area contributed by atoms with Crippen LogP contribution < -0.4 is 15.4 Å². The number of guanidine groups is 1. The molecule has 1 aliphatic heterocycles. The molecule has 30 heavy (non-hydrogen) atoms. The van der Waals surface area contributed by atoms with E-state index in [1.54, 1.807) is 0 Å². The summed E-state index contributed by atoms with van der Waals surface area (Å²) < 4.78 is 7.83. The number of nitrogens with zero attached hydrogens (tertiary/aromatic N) is 4. The summed E-state index contributed by atoms with van der Waals surface area (Å²) in [5.41, 5.74) is 1.20. The lowest BCUT2D eigenvalue weighted by Crippen LogP contribution is -2.46. The summed E-state index contributed by atoms with van der Waals surface area (Å²) in [7, 11) is 1.99. The molecule has 7 heteroatoms. The third kappa shape index (κ3) is 4.77. The number of hydrogen-bond donors (Lipinski definition) is 2. The van der Waals surface area contributed by atoms with Gasteiger partial charge in [-0.3, -0.25) is 0 Å². The summed E-state index contributed by atoms with van der Waals surface area (Å²) in [6, 6.07) is 8.94. The molecule has 162 valence electrons. The zero-order valence-corrected chi connectivity index (χ0v) is 18.4. The van der Waals surface area contributed by atoms with Gasteiger partial charge in [0.25, 0.3) is 0 Å². The molecule has 0 amide bonds. The number of aromatic nitrogens is 3. The van der Waals surface area contributed by atoms with Crippen molar-refractivity contribution in [1.29, 1.82) is 0 Å². The predicted octanol–water partition coefficient (Wildman–Crippen LogP) is 3.65. The van der Waals surface area contributed by atoms with Crippen LogP contribution in [0.25, 0.3) is 0 Å². The monoisotopic (exact) mass is 410 g/mol. The lowest BCUT2D eigenvalue weighted by atomic mass is 9.84. The van der Waals surface area contributed by atoms with Crippen LogP contribution in [0.4, 0.5) is 0 Å². The summed E-state index contributed by atoms with van der Waals surface area (Å²) in [6.45, 7) is 5.48. The van der Waals surface area contributed by atoms with Gasteiger partial charge >= 0.3 is 0 Å². The van der Waals surface area contributed by atoms with Gasteiger partial charge in [0.05, 0.1) is 12.6 Å². The van der Waals surface area contributed by atoms with E-state index in [1.807, 2.05) is 30.7 Å². The summed E-state index contributed by atoms with van der Waals surface area (Å²) in [5.74, 6) is 4.47. The Morgan fingerprint density at radius 3 is 2.67 bits per heavy atom. The van der Waals surface area contributed by atoms with Gasteiger partial charge in [-0.2, -0.15) is 0 Å². The molecule has 1 saturated carbocycles. The van der Waals surface area contributed by atoms with Gasteiger partial charge in [-0.15, -0.1) is 10.2 Å². The van der Waals surface area contributed by atoms with Gasteiger partial charge in [-0.1, -0.05) is 31.5 Å². The van der Waals surface area contributed by atoms with Crippen LogP contribution in [0.2, 0.25) is 0 Å². The van der Waals surface area contributed by atoms with Gasteiger partial charge in [-0.25, -0.2) is 4.99 Å². The van der Waals surface area contributed by atoms with Crippen molar-refractivity contribution < 1.29 is 4.74 Å². The van der Waals surface area contributed by atoms with E-state index in [0.29, 0.717) is 19.2 Å². The van der Waals surface area contributed by atoms with E-state index in [4.69, 9.17) is 9.73 Å². The minimum Gasteiger partial charge on any atom is -0.493 e. The molecule has 1 aromatic carbocycles. The highest BCUT2D eigenvalue weighted by Crippen LogP contribution is 2.31. The van der Waals surface area contributed by atoms with Gasteiger partial charge in [0.15, 0.2) is 11.8 Å². The molecular weight excluding hydrogens is 376 g/mol. The molecule has 0 bridgehead atoms. The Labute approximate surface area is 179 Å². The Kier molecular flexibility index (Phi) is 6.55. The number of para-hydroxylation sites is 1. The zero-order chi connectivity index (χ0) is 20.9. The molecule has 0 radical (unpaired) electrons. The normalized spacial score (nSPS) is 24.1. The summed E-state index contributed by atoms with van der Waals surface area (Å²) in [4.78, 5) is 4.90. The van der Waals surface area contributed by atoms with Gasteiger partial charge < -0.3 is 19.9 Å². The Hall–Kier alpha value is -2.57. The first kappa shape index (κ1) is 20.7. The first-order valence-corrected chi connectivity index (χ1v) is 11.3. The second-order valence-electron chi connectivity index (χ2n) is 8.53. The largest absolute Gasteiger partial charge is 0.493 e. The highest BCUT2D eigenvalue weighted by Gasteiger charge is 2.25. The van der Waals surface area contributed by atoms with Crippen LogP contribution in [0, 0.1) is 12.8 Å². The van der Waals surface area contributed by atoms with Crippen molar-refractivity contribution in [1.82, 2.24) is 25.4 Å². The Morgan fingerprint density at radius 1 is 1.13 bits per heavy atom. The Bertz CT molecular complexity index is 868. The van der Waals surface area contributed by atoms with E-state index in [1.165, 1.54) is 37.7 Å². The molecule has 2 heterocycles. The van der Waals surface area contributed by atoms with Crippen molar-refractivity contribution in [2.45, 2.75) is 71.0 Å². The first-order valence-electron chi connectivity index (χ1n) is 11.3. The minimum absolute atomic E-state index is 0.189. The average molecular weight is 411 g/mol. The van der Waals surface area contributed by atoms with Crippen molar-refractivity contribution in [3.8, 4) is 5.75 Å². The van der Waals surface area contributed by atoms with Gasteiger partial charge in [0.2, 0.25) is 0 Å². The molecule has 2 N–H and O–H groups in total. The molecule has 1 fully saturated rings. The third-order valence-corrected chi connectivity index (χ3v) is 6.60. The van der Waals surface area contributed by atoms with Crippen LogP contribution in [0.3, 0.4) is 0 Å². The quantitative estimate of drug-likeness (QED) is 0.581. The lowest BCUT2D eigenvalue weighted by Gasteiger charge is -2.32. The fraction of sp³-hybridized carbons (Fsp3) is 0.609. The van der Waals surface area contributed by atoms with Gasteiger partial charge in [0.1, 0.15) is 18.1 Å². The molecule has 1 atom stereocenters. The van der Waals surface area contributed by atoms with Crippen LogP contribution in [0.15, 0.2) is 29.3 Å². The van der Waals surface area contributed by atoms with Crippen molar-refractivity contribution in [2.75, 3.05) is 6.61 Å². The van der Waals surface area contributed by atoms with Crippen molar-refractivity contribution >= 4 is 5.96 Å². The molecule has 2 aromatic rings. The maximum Gasteiger partial charge on any atom is 0.192 e. The van der Waals surface area contributed by atoms with Crippen LogP contribution in [0.5, 0.6) is 5.75 Å². The van der Waals surface area contributed by atoms with Crippen LogP contribution >= 0.6 is 0 Å². The van der Waals surface area contributed by atoms with Crippen molar-refractivity contribution in [3.63, 3.8) is 0 Å². The lowest BCUT2D eigenvalue weighted by molar-refractivity contribution is 0.260. The fourth-order valence-electron chi connectivity index (χ4n) is 4.44. The first-order chi connectivity index (χ1) is 14.6. The molecule has 2 aliphatic rings. The molecule has 1 aliphatic carbocycles. The topological polar surface area (TPSA) is 76.4 Å². The SMILES string of the molecule is CCC1CCC(NC(=NCc2nnc(C)n2C)NC2CCOc3ccccc32)CC1. The number of aliphatic imine (C=N–C) groups is 1. The molecule has 0 saturated heterocycles. The van der Waals surface area contributed by atoms with Crippen LogP contribution in [-0.4, -0.2) is 33.4 Å². The molecule has 0 spiro atoms. The van der Waals surface area contributed by atoms with Crippen molar-refractivity contribution in [2.24, 2.45) is 18.0 Å². The van der Waals surface area contributed by atoms with E-state index in [0.717, 1.165) is 35.7 Å². The van der Waals surface area contributed by atoms with Crippen LogP contribution in [0.1, 0.15) is 68.7 Å². The summed E-state index contributed by atoms with van der Waals surface area (Å²) in [5, 5.41) is 15.8. The molecule has 4 rings (SSSR count). The van der Waals surface area contributed by atoms with E-state index in [9.17, 15) is 0 Å². The highest BCUT2D eigenvalue weighted by atomic mass is 16.5. The third-order valence-electron chi connectivity index (χ3n) is 6.60. The number of aryl methyl sites for hydroxylation is 1. The Morgan fingerprint density at radius 2 is 1.93 bits per heavy atom. The van der Waals surface area contributed by atoms with E-state index >= 15 is 0 Å². The van der Waals surface area contributed by atoms with Crippen molar-refractivity contribution in [3.05, 3.63) is 41.5 Å². The van der Waals surface area contributed by atoms with E-state index in [2.05, 4.69) is 39.9 Å². The zero-order valence-electron chi connectivity index (χ0n) is 18.4. The van der Waals surface area contributed by atoms with Gasteiger partial charge in [0, 0.05) is 25.1 Å². The number of nitrogens with one attached hydrogen (secondary N) is 2. The van der Waals surface area contributed by atoms with Crippen LogP contribution in [-0.2, 0) is 13.6 Å². The predicted molar refractivity (Wildman–Crippen MR) is 118 cm³/mol. The molecule has 7 nitrogen and oxygen atoms in total. The number of fused-ring (bicyclic) bond motifs is 1. The minimum atomic E-state index is 0.189. The standard InChI is InChI=1S/C23H34N6O/c1-4-17-9-11-18(12-10-17)25-23(24-15-22-28-27-16(2)29(22)3)26-20-13-14-30-21-8-6-5-7-19(20)21/h5-8,17-18,20H,4,9-15H2,1-3H3,(H2,24,25,26). The summed E-state index contributed by atoms with van der Waals surface area (Å²) >= 11 is 0. The second kappa shape index (κ2) is 9.49. The second-order valence-corrected chi connectivity index (χ2v) is 8.53. The number of ether oxygens (including phenoxy) is 1. The highest BCUT2D eigenvalue weighted by molar-refractivity contribution is 5.80. The van der Waals surface area contributed by atoms with E-state index in [-0.39, 0.29) is 6.04 Å². The maximum atomic E-state index is 5.84. The molecule has 1 aromatic heterocycles. The summed E-state index contributed by atoms with van der Waals surface area (Å²) in [6.07, 6.45) is 7.20. The average Bonchev–Trinajstić information content (AvgIpc) is 3.10. The molecular formula is C23H34N6O. The number of hydrogen-bond acceptors (Lipinski definition) is 4. The number of rotatable bonds is 5. The number of benzene rings is 1. The van der Waals surface area contributed by atoms with E-state index < -0.39 is 0 Å². The Balaban J connectivity index is 1.50. The fourth-order valence-corrected chi connectivity index (χ4v) is 4.44. The smallest absolute Gasteiger partial charge is 0.192 e. The van der Waals surface area contributed by atoms with Gasteiger partial charge in [-0.05, 0) is 44.6 Å². The molecule has 1 unspecified atom stereocenters. The maximum absolute atomic E-state index is 5.84.